The standard InChI is InChI=1S/C14H11FN2O3/c15-11-3-5-12(6-4-11)16-14(18)9-10-1-7-13(8-2-10)17(19)20/h1-8H,9H2,(H,16,18). The van der Waals surface area contributed by atoms with Crippen molar-refractivity contribution in [1.82, 2.24) is 0 Å². The Morgan fingerprint density at radius 2 is 1.70 bits per heavy atom. The quantitative estimate of drug-likeness (QED) is 0.688. The maximum atomic E-state index is 12.7. The van der Waals surface area contributed by atoms with Crippen LogP contribution in [0.2, 0.25) is 0 Å². The van der Waals surface area contributed by atoms with Gasteiger partial charge in [-0.3, -0.25) is 14.9 Å². The van der Waals surface area contributed by atoms with E-state index in [0.29, 0.717) is 11.3 Å². The second-order valence-electron chi connectivity index (χ2n) is 4.16. The number of nitro groups is 1. The number of rotatable bonds is 4. The van der Waals surface area contributed by atoms with Crippen molar-refractivity contribution in [3.05, 3.63) is 70.0 Å². The number of carbonyl (C=O) groups is 1. The highest BCUT2D eigenvalue weighted by Gasteiger charge is 2.07. The number of carbonyl (C=O) groups excluding carboxylic acids is 1. The Kier molecular flexibility index (Phi) is 4.05. The Morgan fingerprint density at radius 1 is 1.10 bits per heavy atom. The summed E-state index contributed by atoms with van der Waals surface area (Å²) in [7, 11) is 0. The summed E-state index contributed by atoms with van der Waals surface area (Å²) in [6.07, 6.45) is 0.0926. The van der Waals surface area contributed by atoms with Gasteiger partial charge in [0, 0.05) is 17.8 Å². The molecule has 2 aromatic carbocycles. The molecule has 0 bridgehead atoms. The predicted octanol–water partition coefficient (Wildman–Crippen LogP) is 2.92. The van der Waals surface area contributed by atoms with E-state index in [1.54, 1.807) is 0 Å². The van der Waals surface area contributed by atoms with Gasteiger partial charge in [-0.05, 0) is 29.8 Å². The maximum absolute atomic E-state index is 12.7. The number of hydrogen-bond acceptors (Lipinski definition) is 3. The van der Waals surface area contributed by atoms with Gasteiger partial charge in [-0.2, -0.15) is 0 Å². The van der Waals surface area contributed by atoms with Gasteiger partial charge in [-0.25, -0.2) is 4.39 Å². The molecule has 0 aliphatic heterocycles. The molecule has 6 heteroatoms. The molecule has 0 aliphatic rings. The van der Waals surface area contributed by atoms with Crippen molar-refractivity contribution in [1.29, 1.82) is 0 Å². The monoisotopic (exact) mass is 274 g/mol. The third kappa shape index (κ3) is 3.61. The highest BCUT2D eigenvalue weighted by Crippen LogP contribution is 2.13. The van der Waals surface area contributed by atoms with E-state index in [9.17, 15) is 19.3 Å². The van der Waals surface area contributed by atoms with Gasteiger partial charge in [0.25, 0.3) is 5.69 Å². The molecular formula is C14H11FN2O3. The molecular weight excluding hydrogens is 263 g/mol. The summed E-state index contributed by atoms with van der Waals surface area (Å²) in [5.41, 5.74) is 1.14. The molecule has 1 amide bonds. The lowest BCUT2D eigenvalue weighted by molar-refractivity contribution is -0.384. The number of halogens is 1. The molecule has 5 nitrogen and oxygen atoms in total. The van der Waals surface area contributed by atoms with Crippen LogP contribution in [0.1, 0.15) is 5.56 Å². The van der Waals surface area contributed by atoms with Crippen LogP contribution in [0.25, 0.3) is 0 Å². The molecule has 20 heavy (non-hydrogen) atoms. The average molecular weight is 274 g/mol. The van der Waals surface area contributed by atoms with Gasteiger partial charge < -0.3 is 5.32 Å². The number of benzene rings is 2. The van der Waals surface area contributed by atoms with E-state index < -0.39 is 4.92 Å². The Labute approximate surface area is 114 Å². The van der Waals surface area contributed by atoms with Gasteiger partial charge in [0.1, 0.15) is 5.82 Å². The van der Waals surface area contributed by atoms with Crippen LogP contribution >= 0.6 is 0 Å². The van der Waals surface area contributed by atoms with Crippen molar-refractivity contribution >= 4 is 17.3 Å². The normalized spacial score (nSPS) is 10.1. The smallest absolute Gasteiger partial charge is 0.269 e. The number of amides is 1. The fourth-order valence-corrected chi connectivity index (χ4v) is 1.66. The minimum Gasteiger partial charge on any atom is -0.326 e. The number of nitrogens with zero attached hydrogens (tertiary/aromatic N) is 1. The maximum Gasteiger partial charge on any atom is 0.269 e. The third-order valence-corrected chi connectivity index (χ3v) is 2.64. The zero-order valence-corrected chi connectivity index (χ0v) is 10.4. The van der Waals surface area contributed by atoms with E-state index in [0.717, 1.165) is 0 Å². The Morgan fingerprint density at radius 3 is 2.25 bits per heavy atom. The van der Waals surface area contributed by atoms with Crippen molar-refractivity contribution in [3.63, 3.8) is 0 Å². The first kappa shape index (κ1) is 13.7. The first-order chi connectivity index (χ1) is 9.54. The van der Waals surface area contributed by atoms with Gasteiger partial charge >= 0.3 is 0 Å². The van der Waals surface area contributed by atoms with Crippen molar-refractivity contribution in [3.8, 4) is 0 Å². The van der Waals surface area contributed by atoms with Crippen LogP contribution in [-0.2, 0) is 11.2 Å². The van der Waals surface area contributed by atoms with Crippen LogP contribution in [0.3, 0.4) is 0 Å². The largest absolute Gasteiger partial charge is 0.326 e. The zero-order valence-electron chi connectivity index (χ0n) is 10.4. The summed E-state index contributed by atoms with van der Waals surface area (Å²) >= 11 is 0. The lowest BCUT2D eigenvalue weighted by Crippen LogP contribution is -2.14. The molecule has 0 unspecified atom stereocenters. The summed E-state index contributed by atoms with van der Waals surface area (Å²) in [6.45, 7) is 0. The fourth-order valence-electron chi connectivity index (χ4n) is 1.66. The van der Waals surface area contributed by atoms with E-state index in [1.807, 2.05) is 0 Å². The Balaban J connectivity index is 1.97. The Bertz CT molecular complexity index is 624. The van der Waals surface area contributed by atoms with Gasteiger partial charge in [-0.1, -0.05) is 12.1 Å². The van der Waals surface area contributed by atoms with Crippen LogP contribution in [0, 0.1) is 15.9 Å². The van der Waals surface area contributed by atoms with Gasteiger partial charge in [0.15, 0.2) is 0 Å². The molecule has 1 N–H and O–H groups in total. The third-order valence-electron chi connectivity index (χ3n) is 2.64. The van der Waals surface area contributed by atoms with Crippen LogP contribution in [0.15, 0.2) is 48.5 Å². The van der Waals surface area contributed by atoms with Crippen LogP contribution in [0.5, 0.6) is 0 Å². The number of nitro benzene ring substituents is 1. The lowest BCUT2D eigenvalue weighted by atomic mass is 10.1. The van der Waals surface area contributed by atoms with E-state index in [4.69, 9.17) is 0 Å². The average Bonchev–Trinajstić information content (AvgIpc) is 2.42. The molecule has 2 rings (SSSR count). The second kappa shape index (κ2) is 5.92. The lowest BCUT2D eigenvalue weighted by Gasteiger charge is -2.05. The molecule has 0 saturated carbocycles. The first-order valence-electron chi connectivity index (χ1n) is 5.83. The summed E-state index contributed by atoms with van der Waals surface area (Å²) < 4.78 is 12.7. The number of non-ortho nitro benzene ring substituents is 1. The van der Waals surface area contributed by atoms with Gasteiger partial charge in [0.05, 0.1) is 11.3 Å². The van der Waals surface area contributed by atoms with Crippen molar-refractivity contribution in [2.45, 2.75) is 6.42 Å². The van der Waals surface area contributed by atoms with E-state index >= 15 is 0 Å². The summed E-state index contributed by atoms with van der Waals surface area (Å²) in [5.74, 6) is -0.649. The molecule has 0 fully saturated rings. The summed E-state index contributed by atoms with van der Waals surface area (Å²) in [5, 5.41) is 13.1. The molecule has 0 heterocycles. The van der Waals surface area contributed by atoms with Crippen LogP contribution < -0.4 is 5.32 Å². The van der Waals surface area contributed by atoms with Crippen LogP contribution in [-0.4, -0.2) is 10.8 Å². The Hall–Kier alpha value is -2.76. The van der Waals surface area contributed by atoms with E-state index in [-0.39, 0.29) is 23.8 Å². The number of nitrogens with one attached hydrogen (secondary N) is 1. The molecule has 0 aliphatic carbocycles. The summed E-state index contributed by atoms with van der Waals surface area (Å²) in [4.78, 5) is 21.7. The molecule has 2 aromatic rings. The van der Waals surface area contributed by atoms with E-state index in [2.05, 4.69) is 5.32 Å². The molecule has 102 valence electrons. The first-order valence-corrected chi connectivity index (χ1v) is 5.83. The second-order valence-corrected chi connectivity index (χ2v) is 4.16. The SMILES string of the molecule is O=C(Cc1ccc([N+](=O)[O-])cc1)Nc1ccc(F)cc1. The minimum absolute atomic E-state index is 0.0207. The molecule has 0 radical (unpaired) electrons. The van der Waals surface area contributed by atoms with Crippen LogP contribution in [0.4, 0.5) is 15.8 Å². The van der Waals surface area contributed by atoms with Crippen molar-refractivity contribution in [2.24, 2.45) is 0 Å². The molecule has 0 saturated heterocycles. The fraction of sp³-hybridized carbons (Fsp3) is 0.0714. The highest BCUT2D eigenvalue weighted by atomic mass is 19.1. The predicted molar refractivity (Wildman–Crippen MR) is 71.8 cm³/mol. The molecule has 0 aromatic heterocycles. The van der Waals surface area contributed by atoms with Gasteiger partial charge in [-0.15, -0.1) is 0 Å². The molecule has 0 atom stereocenters. The minimum atomic E-state index is -0.498. The zero-order chi connectivity index (χ0) is 14.5. The summed E-state index contributed by atoms with van der Waals surface area (Å²) in [6, 6.07) is 11.2. The van der Waals surface area contributed by atoms with Crippen molar-refractivity contribution < 1.29 is 14.1 Å². The van der Waals surface area contributed by atoms with Crippen molar-refractivity contribution in [2.75, 3.05) is 5.32 Å². The highest BCUT2D eigenvalue weighted by molar-refractivity contribution is 5.92. The van der Waals surface area contributed by atoms with Gasteiger partial charge in [0.2, 0.25) is 5.91 Å². The number of anilines is 1. The number of hydrogen-bond donors (Lipinski definition) is 1. The topological polar surface area (TPSA) is 72.2 Å². The molecule has 0 spiro atoms. The van der Waals surface area contributed by atoms with E-state index in [1.165, 1.54) is 48.5 Å².